The zero-order valence-corrected chi connectivity index (χ0v) is 27.9. The Hall–Kier alpha value is -1.85. The highest BCUT2D eigenvalue weighted by atomic mass is 28.3. The highest BCUT2D eigenvalue weighted by molar-refractivity contribution is 6.76. The van der Waals surface area contributed by atoms with Gasteiger partial charge in [0.15, 0.2) is 12.1 Å². The summed E-state index contributed by atoms with van der Waals surface area (Å²) >= 11 is 0. The van der Waals surface area contributed by atoms with E-state index in [4.69, 9.17) is 33.2 Å². The Kier molecular flexibility index (Phi) is 9.46. The average Bonchev–Trinajstić information content (AvgIpc) is 3.46. The third kappa shape index (κ3) is 5.71. The molecule has 2 saturated carbocycles. The molecule has 1 aromatic carbocycles. The van der Waals surface area contributed by atoms with Gasteiger partial charge < -0.3 is 33.2 Å². The summed E-state index contributed by atoms with van der Waals surface area (Å²) in [4.78, 5) is 14.5. The van der Waals surface area contributed by atoms with E-state index in [1.807, 2.05) is 24.3 Å². The Bertz CT molecular complexity index is 1180. The molecule has 4 aliphatic rings. The molecule has 0 aromatic heterocycles. The molecule has 9 heteroatoms. The van der Waals surface area contributed by atoms with Crippen LogP contribution in [0.15, 0.2) is 49.1 Å². The van der Waals surface area contributed by atoms with E-state index in [1.165, 1.54) is 0 Å². The molecule has 1 spiro atoms. The standard InChI is InChI=1S/C34H50O8Si/c1-9-27-34(41-22-38-18-19-43(6,7)8,20-39-31(42-27)23-10-12-24(37-5)13-11-23)25-14-16-33-17-15-26(32(33,2)3)30(40-21-36-4)29(35)28(25)33/h9-14,16,25-28,30-31H,1,15,17-22H2,2-8H3/t25?,26?,27-,28?,30?,31-,33?,34-/m1/s1. The first-order chi connectivity index (χ1) is 20.4. The van der Waals surface area contributed by atoms with Crippen molar-refractivity contribution in [1.82, 2.24) is 0 Å². The Morgan fingerprint density at radius 1 is 1.12 bits per heavy atom. The molecule has 0 radical (unpaired) electrons. The Labute approximate surface area is 258 Å². The summed E-state index contributed by atoms with van der Waals surface area (Å²) in [5, 5.41) is 0. The van der Waals surface area contributed by atoms with Gasteiger partial charge in [-0.15, -0.1) is 6.58 Å². The van der Waals surface area contributed by atoms with Crippen LogP contribution in [0.4, 0.5) is 0 Å². The van der Waals surface area contributed by atoms with Crippen LogP contribution in [0.2, 0.25) is 25.7 Å². The molecule has 238 valence electrons. The lowest BCUT2D eigenvalue weighted by Crippen LogP contribution is -2.64. The molecule has 2 bridgehead atoms. The minimum Gasteiger partial charge on any atom is -0.497 e. The molecule has 8 nitrogen and oxygen atoms in total. The van der Waals surface area contributed by atoms with Crippen molar-refractivity contribution < 1.29 is 38.0 Å². The molecular weight excluding hydrogens is 564 g/mol. The summed E-state index contributed by atoms with van der Waals surface area (Å²) in [6.45, 7) is 16.7. The topological polar surface area (TPSA) is 81.7 Å². The predicted molar refractivity (Wildman–Crippen MR) is 166 cm³/mol. The highest BCUT2D eigenvalue weighted by Gasteiger charge is 2.72. The van der Waals surface area contributed by atoms with Gasteiger partial charge in [0.25, 0.3) is 0 Å². The molecule has 1 aromatic rings. The number of fused-ring (bicyclic) bond motifs is 1. The maximum absolute atomic E-state index is 14.5. The van der Waals surface area contributed by atoms with Crippen LogP contribution in [0.5, 0.6) is 5.75 Å². The van der Waals surface area contributed by atoms with Crippen molar-refractivity contribution in [2.45, 2.75) is 76.5 Å². The zero-order chi connectivity index (χ0) is 31.0. The molecule has 8 atom stereocenters. The van der Waals surface area contributed by atoms with Crippen LogP contribution in [0, 0.1) is 28.6 Å². The van der Waals surface area contributed by atoms with Gasteiger partial charge in [-0.25, -0.2) is 0 Å². The molecule has 1 saturated heterocycles. The number of ether oxygens (including phenoxy) is 7. The minimum atomic E-state index is -1.28. The van der Waals surface area contributed by atoms with Crippen LogP contribution in [-0.2, 0) is 33.2 Å². The molecule has 1 aliphatic heterocycles. The molecule has 3 aliphatic carbocycles. The van der Waals surface area contributed by atoms with Gasteiger partial charge >= 0.3 is 0 Å². The molecule has 0 N–H and O–H groups in total. The van der Waals surface area contributed by atoms with Gasteiger partial charge in [-0.2, -0.15) is 0 Å². The maximum Gasteiger partial charge on any atom is 0.184 e. The molecule has 3 fully saturated rings. The smallest absolute Gasteiger partial charge is 0.184 e. The van der Waals surface area contributed by atoms with Crippen molar-refractivity contribution in [2.75, 3.05) is 41.0 Å². The lowest BCUT2D eigenvalue weighted by Gasteiger charge is -2.55. The largest absolute Gasteiger partial charge is 0.497 e. The summed E-state index contributed by atoms with van der Waals surface area (Å²) < 4.78 is 42.6. The third-order valence-corrected chi connectivity index (χ3v) is 12.3. The van der Waals surface area contributed by atoms with Gasteiger partial charge in [0.05, 0.1) is 13.7 Å². The molecule has 1 heterocycles. The summed E-state index contributed by atoms with van der Waals surface area (Å²) in [7, 11) is 1.95. The summed E-state index contributed by atoms with van der Waals surface area (Å²) in [5.74, 6) is 0.291. The van der Waals surface area contributed by atoms with E-state index < -0.39 is 32.2 Å². The monoisotopic (exact) mass is 614 g/mol. The number of rotatable bonds is 13. The molecule has 5 rings (SSSR count). The van der Waals surface area contributed by atoms with E-state index in [0.29, 0.717) is 6.61 Å². The van der Waals surface area contributed by atoms with E-state index in [2.05, 4.69) is 52.2 Å². The number of hydrogen-bond acceptors (Lipinski definition) is 8. The number of Topliss-reactive ketones (excluding diaryl/α,β-unsaturated/α-hetero) is 1. The first-order valence-corrected chi connectivity index (χ1v) is 19.2. The number of carbonyl (C=O) groups is 1. The van der Waals surface area contributed by atoms with Gasteiger partial charge in [-0.05, 0) is 42.4 Å². The Morgan fingerprint density at radius 2 is 1.86 bits per heavy atom. The van der Waals surface area contributed by atoms with Crippen LogP contribution in [-0.4, -0.2) is 72.7 Å². The first kappa shape index (κ1) is 32.5. The minimum absolute atomic E-state index is 0.0720. The van der Waals surface area contributed by atoms with E-state index in [0.717, 1.165) is 30.2 Å². The highest BCUT2D eigenvalue weighted by Crippen LogP contribution is 2.70. The van der Waals surface area contributed by atoms with Crippen LogP contribution >= 0.6 is 0 Å². The number of allylic oxidation sites excluding steroid dienone is 1. The number of benzene rings is 1. The van der Waals surface area contributed by atoms with Gasteiger partial charge in [-0.3, -0.25) is 4.79 Å². The van der Waals surface area contributed by atoms with E-state index in [9.17, 15) is 4.79 Å². The first-order valence-electron chi connectivity index (χ1n) is 15.5. The fourth-order valence-electron chi connectivity index (χ4n) is 8.07. The van der Waals surface area contributed by atoms with Crippen molar-refractivity contribution in [3.05, 3.63) is 54.6 Å². The van der Waals surface area contributed by atoms with Crippen molar-refractivity contribution >= 4 is 13.9 Å². The fourth-order valence-corrected chi connectivity index (χ4v) is 8.83. The number of ketones is 1. The summed E-state index contributed by atoms with van der Waals surface area (Å²) in [6.07, 6.45) is 6.38. The Morgan fingerprint density at radius 3 is 2.51 bits per heavy atom. The number of carbonyl (C=O) groups excluding carboxylic acids is 1. The summed E-state index contributed by atoms with van der Waals surface area (Å²) in [5.41, 5.74) is -0.621. The van der Waals surface area contributed by atoms with E-state index in [-0.39, 0.29) is 54.6 Å². The SMILES string of the molecule is C=C[C@H]1O[C@H](c2ccc(OC)cc2)OC[C@@]1(OCOCC[Si](C)(C)C)C1C=CC23CCC(C(OCOC)C(=O)C12)C3(C)C. The molecule has 0 amide bonds. The molecular formula is C34H50O8Si. The lowest BCUT2D eigenvalue weighted by molar-refractivity contribution is -0.321. The van der Waals surface area contributed by atoms with Gasteiger partial charge in [0.2, 0.25) is 0 Å². The second-order valence-corrected chi connectivity index (χ2v) is 19.9. The maximum atomic E-state index is 14.5. The lowest BCUT2D eigenvalue weighted by atomic mass is 9.51. The second-order valence-electron chi connectivity index (χ2n) is 14.3. The van der Waals surface area contributed by atoms with Crippen LogP contribution in [0.25, 0.3) is 0 Å². The number of methoxy groups -OCH3 is 2. The predicted octanol–water partition coefficient (Wildman–Crippen LogP) is 6.16. The Balaban J connectivity index is 1.47. The number of hydrogen-bond donors (Lipinski definition) is 0. The van der Waals surface area contributed by atoms with Gasteiger partial charge in [0, 0.05) is 44.6 Å². The van der Waals surface area contributed by atoms with Crippen molar-refractivity contribution in [3.63, 3.8) is 0 Å². The van der Waals surface area contributed by atoms with Crippen molar-refractivity contribution in [1.29, 1.82) is 0 Å². The fraction of sp³-hybridized carbons (Fsp3) is 0.676. The summed E-state index contributed by atoms with van der Waals surface area (Å²) in [6, 6.07) is 8.68. The quantitative estimate of drug-likeness (QED) is 0.113. The molecule has 43 heavy (non-hydrogen) atoms. The van der Waals surface area contributed by atoms with Crippen molar-refractivity contribution in [3.8, 4) is 5.75 Å². The third-order valence-electron chi connectivity index (χ3n) is 10.6. The molecule has 5 unspecified atom stereocenters. The zero-order valence-electron chi connectivity index (χ0n) is 26.9. The van der Waals surface area contributed by atoms with E-state index in [1.54, 1.807) is 20.3 Å². The van der Waals surface area contributed by atoms with Crippen LogP contribution in [0.1, 0.15) is 38.5 Å². The van der Waals surface area contributed by atoms with Crippen LogP contribution in [0.3, 0.4) is 0 Å². The normalized spacial score (nSPS) is 36.5. The van der Waals surface area contributed by atoms with E-state index >= 15 is 0 Å². The van der Waals surface area contributed by atoms with Gasteiger partial charge in [-0.1, -0.05) is 63.8 Å². The average molecular weight is 615 g/mol. The van der Waals surface area contributed by atoms with Crippen LogP contribution < -0.4 is 4.74 Å². The van der Waals surface area contributed by atoms with Gasteiger partial charge in [0.1, 0.15) is 37.1 Å². The van der Waals surface area contributed by atoms with Crippen molar-refractivity contribution in [2.24, 2.45) is 28.6 Å². The second kappa shape index (κ2) is 12.5.